The van der Waals surface area contributed by atoms with E-state index in [1.807, 2.05) is 7.05 Å². The van der Waals surface area contributed by atoms with E-state index >= 15 is 0 Å². The summed E-state index contributed by atoms with van der Waals surface area (Å²) >= 11 is 3.51. The highest BCUT2D eigenvalue weighted by Crippen LogP contribution is 2.65. The number of nitrogens with zero attached hydrogens (tertiary/aromatic N) is 2. The maximum absolute atomic E-state index is 13.3. The zero-order valence-electron chi connectivity index (χ0n) is 12.2. The number of carbonyl (C=O) groups is 1. The molecule has 3 nitrogen and oxygen atoms in total. The SMILES string of the molecule is Cn1ncc(Br)c1C(=O)C12CC3CC(CC(C)(C3)C1)C2. The normalized spacial score (nSPS) is 42.1. The molecule has 1 aromatic heterocycles. The third-order valence-electron chi connectivity index (χ3n) is 5.94. The van der Waals surface area contributed by atoms with Crippen LogP contribution in [0.3, 0.4) is 0 Å². The maximum Gasteiger partial charge on any atom is 0.188 e. The molecule has 2 atom stereocenters. The molecule has 0 N–H and O–H groups in total. The van der Waals surface area contributed by atoms with Crippen molar-refractivity contribution in [1.82, 2.24) is 9.78 Å². The lowest BCUT2D eigenvalue weighted by molar-refractivity contribution is -0.0823. The predicted molar refractivity (Wildman–Crippen MR) is 80.5 cm³/mol. The monoisotopic (exact) mass is 336 g/mol. The van der Waals surface area contributed by atoms with Crippen molar-refractivity contribution < 1.29 is 4.79 Å². The van der Waals surface area contributed by atoms with E-state index in [1.54, 1.807) is 10.9 Å². The lowest BCUT2D eigenvalue weighted by Gasteiger charge is -2.60. The van der Waals surface area contributed by atoms with Gasteiger partial charge in [0.2, 0.25) is 0 Å². The van der Waals surface area contributed by atoms with E-state index in [0.717, 1.165) is 41.3 Å². The minimum absolute atomic E-state index is 0.102. The van der Waals surface area contributed by atoms with Crippen LogP contribution in [0.15, 0.2) is 10.7 Å². The van der Waals surface area contributed by atoms with Crippen molar-refractivity contribution in [3.05, 3.63) is 16.4 Å². The van der Waals surface area contributed by atoms with Gasteiger partial charge in [0.05, 0.1) is 10.7 Å². The van der Waals surface area contributed by atoms with Crippen LogP contribution in [0.4, 0.5) is 0 Å². The zero-order valence-corrected chi connectivity index (χ0v) is 13.7. The summed E-state index contributed by atoms with van der Waals surface area (Å²) in [6.07, 6.45) is 9.08. The van der Waals surface area contributed by atoms with E-state index < -0.39 is 0 Å². The van der Waals surface area contributed by atoms with Gasteiger partial charge in [-0.3, -0.25) is 9.48 Å². The highest BCUT2D eigenvalue weighted by atomic mass is 79.9. The van der Waals surface area contributed by atoms with Crippen molar-refractivity contribution in [2.75, 3.05) is 0 Å². The van der Waals surface area contributed by atoms with Crippen LogP contribution >= 0.6 is 15.9 Å². The lowest BCUT2D eigenvalue weighted by Crippen LogP contribution is -2.54. The number of Topliss-reactive ketones (excluding diaryl/α,β-unsaturated/α-hetero) is 1. The molecule has 4 saturated carbocycles. The third-order valence-corrected chi connectivity index (χ3v) is 6.52. The van der Waals surface area contributed by atoms with Gasteiger partial charge in [-0.05, 0) is 71.7 Å². The Balaban J connectivity index is 1.76. The first-order chi connectivity index (χ1) is 9.41. The molecule has 20 heavy (non-hydrogen) atoms. The van der Waals surface area contributed by atoms with Gasteiger partial charge in [-0.2, -0.15) is 5.10 Å². The van der Waals surface area contributed by atoms with Crippen LogP contribution in [0, 0.1) is 22.7 Å². The van der Waals surface area contributed by atoms with Crippen molar-refractivity contribution in [3.63, 3.8) is 0 Å². The summed E-state index contributed by atoms with van der Waals surface area (Å²) in [5, 5.41) is 4.23. The van der Waals surface area contributed by atoms with Gasteiger partial charge in [-0.15, -0.1) is 0 Å². The van der Waals surface area contributed by atoms with Crippen molar-refractivity contribution in [2.45, 2.75) is 45.4 Å². The number of halogens is 1. The molecular weight excluding hydrogens is 316 g/mol. The Kier molecular flexibility index (Phi) is 2.59. The molecule has 5 rings (SSSR count). The quantitative estimate of drug-likeness (QED) is 0.766. The van der Waals surface area contributed by atoms with Crippen molar-refractivity contribution in [1.29, 1.82) is 0 Å². The summed E-state index contributed by atoms with van der Waals surface area (Å²) in [7, 11) is 1.88. The molecule has 2 unspecified atom stereocenters. The van der Waals surface area contributed by atoms with Crippen molar-refractivity contribution in [2.24, 2.45) is 29.7 Å². The molecule has 108 valence electrons. The van der Waals surface area contributed by atoms with Gasteiger partial charge in [-0.25, -0.2) is 0 Å². The van der Waals surface area contributed by atoms with Crippen LogP contribution in [0.25, 0.3) is 0 Å². The summed E-state index contributed by atoms with van der Waals surface area (Å²) in [6.45, 7) is 2.41. The smallest absolute Gasteiger partial charge is 0.188 e. The molecule has 1 aromatic rings. The average Bonchev–Trinajstić information content (AvgIpc) is 2.65. The Hall–Kier alpha value is -0.640. The molecule has 4 bridgehead atoms. The Morgan fingerprint density at radius 2 is 2.00 bits per heavy atom. The highest BCUT2D eigenvalue weighted by molar-refractivity contribution is 9.10. The summed E-state index contributed by atoms with van der Waals surface area (Å²) in [6, 6.07) is 0. The molecular formula is C16H21BrN2O. The average molecular weight is 337 g/mol. The fraction of sp³-hybridized carbons (Fsp3) is 0.750. The summed E-state index contributed by atoms with van der Waals surface area (Å²) < 4.78 is 2.60. The van der Waals surface area contributed by atoms with Crippen LogP contribution < -0.4 is 0 Å². The van der Waals surface area contributed by atoms with Crippen molar-refractivity contribution in [3.8, 4) is 0 Å². The van der Waals surface area contributed by atoms with E-state index in [0.29, 0.717) is 11.2 Å². The largest absolute Gasteiger partial charge is 0.292 e. The number of aromatic nitrogens is 2. The van der Waals surface area contributed by atoms with Crippen LogP contribution in [-0.4, -0.2) is 15.6 Å². The summed E-state index contributed by atoms with van der Waals surface area (Å²) in [5.74, 6) is 1.89. The van der Waals surface area contributed by atoms with E-state index in [1.165, 1.54) is 19.3 Å². The number of carbonyl (C=O) groups excluding carboxylic acids is 1. The Labute approximate surface area is 128 Å². The second-order valence-corrected chi connectivity index (χ2v) is 8.70. The molecule has 0 aromatic carbocycles. The third kappa shape index (κ3) is 1.69. The number of rotatable bonds is 2. The molecule has 4 fully saturated rings. The molecule has 0 spiro atoms. The maximum atomic E-state index is 13.3. The van der Waals surface area contributed by atoms with Gasteiger partial charge in [-0.1, -0.05) is 6.92 Å². The predicted octanol–water partition coefficient (Wildman–Crippen LogP) is 3.97. The first kappa shape index (κ1) is 13.1. The fourth-order valence-corrected chi connectivity index (χ4v) is 6.43. The minimum Gasteiger partial charge on any atom is -0.292 e. The standard InChI is InChI=1S/C16H21BrN2O/c1-15-4-10-3-11(5-15)7-16(6-10,9-15)14(20)13-12(17)8-18-19(13)2/h8,10-11H,3-7,9H2,1-2H3. The second-order valence-electron chi connectivity index (χ2n) is 7.85. The Morgan fingerprint density at radius 3 is 2.50 bits per heavy atom. The number of hydrogen-bond acceptors (Lipinski definition) is 2. The van der Waals surface area contributed by atoms with E-state index in [4.69, 9.17) is 0 Å². The van der Waals surface area contributed by atoms with Gasteiger partial charge >= 0.3 is 0 Å². The number of ketones is 1. The second kappa shape index (κ2) is 3.96. The Bertz CT molecular complexity index is 558. The van der Waals surface area contributed by atoms with Crippen LogP contribution in [0.5, 0.6) is 0 Å². The van der Waals surface area contributed by atoms with E-state index in [9.17, 15) is 4.79 Å². The molecule has 4 aliphatic rings. The zero-order chi connectivity index (χ0) is 14.1. The first-order valence-corrected chi connectivity index (χ1v) is 8.42. The van der Waals surface area contributed by atoms with E-state index in [2.05, 4.69) is 28.0 Å². The number of hydrogen-bond donors (Lipinski definition) is 0. The number of aryl methyl sites for hydroxylation is 1. The van der Waals surface area contributed by atoms with Gasteiger partial charge in [0.1, 0.15) is 5.69 Å². The highest BCUT2D eigenvalue weighted by Gasteiger charge is 2.59. The summed E-state index contributed by atoms with van der Waals surface area (Å²) in [4.78, 5) is 13.3. The van der Waals surface area contributed by atoms with Crippen LogP contribution in [-0.2, 0) is 7.05 Å². The molecule has 0 amide bonds. The van der Waals surface area contributed by atoms with Crippen molar-refractivity contribution >= 4 is 21.7 Å². The Morgan fingerprint density at radius 1 is 1.35 bits per heavy atom. The minimum atomic E-state index is -0.102. The lowest BCUT2D eigenvalue weighted by atomic mass is 9.43. The molecule has 0 radical (unpaired) electrons. The first-order valence-electron chi connectivity index (χ1n) is 7.63. The van der Waals surface area contributed by atoms with Gasteiger partial charge < -0.3 is 0 Å². The summed E-state index contributed by atoms with van der Waals surface area (Å²) in [5.41, 5.74) is 1.08. The topological polar surface area (TPSA) is 34.9 Å². The molecule has 0 saturated heterocycles. The molecule has 1 heterocycles. The fourth-order valence-electron chi connectivity index (χ4n) is 5.90. The van der Waals surface area contributed by atoms with E-state index in [-0.39, 0.29) is 5.41 Å². The van der Waals surface area contributed by atoms with Crippen LogP contribution in [0.1, 0.15) is 55.9 Å². The van der Waals surface area contributed by atoms with Gasteiger partial charge in [0.15, 0.2) is 5.78 Å². The van der Waals surface area contributed by atoms with Gasteiger partial charge in [0.25, 0.3) is 0 Å². The van der Waals surface area contributed by atoms with Crippen LogP contribution in [0.2, 0.25) is 0 Å². The molecule has 4 aliphatic carbocycles. The molecule has 0 aliphatic heterocycles. The molecule has 4 heteroatoms. The van der Waals surface area contributed by atoms with Gasteiger partial charge in [0, 0.05) is 12.5 Å².